The molecule has 1 aromatic rings. The predicted molar refractivity (Wildman–Crippen MR) is 73.9 cm³/mol. The van der Waals surface area contributed by atoms with Crippen molar-refractivity contribution in [2.75, 3.05) is 11.9 Å². The summed E-state index contributed by atoms with van der Waals surface area (Å²) in [7, 11) is 0. The second-order valence-electron chi connectivity index (χ2n) is 4.50. The number of esters is 1. The van der Waals surface area contributed by atoms with Crippen LogP contribution in [0, 0.1) is 5.82 Å². The predicted octanol–water partition coefficient (Wildman–Crippen LogP) is 2.59. The molecular weight excluding hydrogens is 320 g/mol. The smallest absolute Gasteiger partial charge is 0.441 e. The highest BCUT2D eigenvalue weighted by atomic mass is 19.4. The van der Waals surface area contributed by atoms with Crippen LogP contribution >= 0.6 is 0 Å². The zero-order chi connectivity index (χ0) is 17.7. The van der Waals surface area contributed by atoms with Gasteiger partial charge < -0.3 is 15.4 Å². The Morgan fingerprint density at radius 2 is 1.70 bits per heavy atom. The molecular formula is C14H16F4N2O3. The van der Waals surface area contributed by atoms with Crippen LogP contribution < -0.4 is 10.6 Å². The third-order valence-electron chi connectivity index (χ3n) is 2.83. The lowest BCUT2D eigenvalue weighted by Crippen LogP contribution is -2.69. The van der Waals surface area contributed by atoms with E-state index in [1.807, 2.05) is 5.32 Å². The van der Waals surface area contributed by atoms with Gasteiger partial charge in [-0.05, 0) is 31.2 Å². The molecule has 9 heteroatoms. The van der Waals surface area contributed by atoms with Crippen LogP contribution in [0.4, 0.5) is 23.2 Å². The van der Waals surface area contributed by atoms with Gasteiger partial charge in [-0.25, -0.2) is 9.18 Å². The minimum Gasteiger partial charge on any atom is -0.463 e. The number of hydrogen-bond acceptors (Lipinski definition) is 4. The second kappa shape index (κ2) is 7.30. The highest BCUT2D eigenvalue weighted by Crippen LogP contribution is 2.33. The monoisotopic (exact) mass is 336 g/mol. The Labute approximate surface area is 130 Å². The lowest BCUT2D eigenvalue weighted by atomic mass is 10.1. The number of alkyl halides is 3. The van der Waals surface area contributed by atoms with E-state index in [1.54, 1.807) is 5.32 Å². The van der Waals surface area contributed by atoms with Crippen LogP contribution in [-0.4, -0.2) is 30.3 Å². The maximum atomic E-state index is 13.6. The number of amides is 1. The molecule has 0 bridgehead atoms. The highest BCUT2D eigenvalue weighted by Gasteiger charge is 2.63. The van der Waals surface area contributed by atoms with Gasteiger partial charge >= 0.3 is 17.8 Å². The quantitative estimate of drug-likeness (QED) is 0.476. The largest absolute Gasteiger partial charge is 0.463 e. The number of benzene rings is 1. The van der Waals surface area contributed by atoms with Gasteiger partial charge in [-0.2, -0.15) is 13.2 Å². The topological polar surface area (TPSA) is 67.4 Å². The van der Waals surface area contributed by atoms with Gasteiger partial charge in [0.1, 0.15) is 5.82 Å². The van der Waals surface area contributed by atoms with Gasteiger partial charge in [-0.1, -0.05) is 6.92 Å². The van der Waals surface area contributed by atoms with E-state index in [0.717, 1.165) is 24.3 Å². The first-order valence-electron chi connectivity index (χ1n) is 6.75. The lowest BCUT2D eigenvalue weighted by molar-refractivity contribution is -0.207. The van der Waals surface area contributed by atoms with Crippen LogP contribution in [0.2, 0.25) is 0 Å². The van der Waals surface area contributed by atoms with Crippen molar-refractivity contribution in [2.45, 2.75) is 32.1 Å². The summed E-state index contributed by atoms with van der Waals surface area (Å²) in [6.07, 6.45) is -5.47. The van der Waals surface area contributed by atoms with E-state index in [1.165, 1.54) is 13.8 Å². The van der Waals surface area contributed by atoms with E-state index >= 15 is 0 Å². The third kappa shape index (κ3) is 4.33. The number of ether oxygens (including phenoxy) is 1. The number of halogens is 4. The molecule has 0 fully saturated rings. The van der Waals surface area contributed by atoms with Gasteiger partial charge in [0, 0.05) is 12.1 Å². The highest BCUT2D eigenvalue weighted by molar-refractivity contribution is 5.91. The summed E-state index contributed by atoms with van der Waals surface area (Å²) in [6.45, 7) is 2.35. The first-order chi connectivity index (χ1) is 10.7. The van der Waals surface area contributed by atoms with Crippen molar-refractivity contribution in [3.05, 3.63) is 30.1 Å². The minimum absolute atomic E-state index is 0.215. The molecule has 1 amide bonds. The Balaban J connectivity index is 3.32. The number of carbonyl (C=O) groups is 2. The number of hydrogen-bond donors (Lipinski definition) is 2. The zero-order valence-electron chi connectivity index (χ0n) is 12.5. The van der Waals surface area contributed by atoms with E-state index in [2.05, 4.69) is 4.74 Å². The van der Waals surface area contributed by atoms with Crippen LogP contribution in [0.15, 0.2) is 24.3 Å². The van der Waals surface area contributed by atoms with Crippen molar-refractivity contribution in [1.29, 1.82) is 0 Å². The van der Waals surface area contributed by atoms with Gasteiger partial charge in [0.25, 0.3) is 0 Å². The summed E-state index contributed by atoms with van der Waals surface area (Å²) < 4.78 is 58.0. The standard InChI is InChI=1S/C14H16F4N2O3/c1-3-11(21)20-13(14(16,17)18,12(22)23-4-2)19-10-7-5-9(15)6-8-10/h5-8,19H,3-4H2,1-2H3,(H,20,21)/t13-/m1/s1. The molecule has 1 atom stereocenters. The molecule has 1 aromatic carbocycles. The summed E-state index contributed by atoms with van der Waals surface area (Å²) in [5, 5.41) is 3.54. The molecule has 0 saturated carbocycles. The van der Waals surface area contributed by atoms with Crippen molar-refractivity contribution in [2.24, 2.45) is 0 Å². The molecule has 0 aliphatic rings. The van der Waals surface area contributed by atoms with E-state index in [0.29, 0.717) is 0 Å². The van der Waals surface area contributed by atoms with Crippen LogP contribution in [0.3, 0.4) is 0 Å². The third-order valence-corrected chi connectivity index (χ3v) is 2.83. The van der Waals surface area contributed by atoms with Crippen LogP contribution in [0.1, 0.15) is 20.3 Å². The van der Waals surface area contributed by atoms with Crippen molar-refractivity contribution in [3.8, 4) is 0 Å². The Kier molecular flexibility index (Phi) is 5.94. The van der Waals surface area contributed by atoms with Gasteiger partial charge in [0.05, 0.1) is 6.61 Å². The first-order valence-corrected chi connectivity index (χ1v) is 6.75. The Morgan fingerprint density at radius 1 is 1.13 bits per heavy atom. The summed E-state index contributed by atoms with van der Waals surface area (Å²) in [5.41, 5.74) is -3.68. The van der Waals surface area contributed by atoms with Crippen LogP contribution in [0.5, 0.6) is 0 Å². The minimum atomic E-state index is -5.20. The molecule has 0 aromatic heterocycles. The number of nitrogens with one attached hydrogen (secondary N) is 2. The molecule has 23 heavy (non-hydrogen) atoms. The fourth-order valence-electron chi connectivity index (χ4n) is 1.68. The Hall–Kier alpha value is -2.32. The Morgan fingerprint density at radius 3 is 2.13 bits per heavy atom. The molecule has 128 valence electrons. The molecule has 0 radical (unpaired) electrons. The summed E-state index contributed by atoms with van der Waals surface area (Å²) in [4.78, 5) is 23.4. The fraction of sp³-hybridized carbons (Fsp3) is 0.429. The lowest BCUT2D eigenvalue weighted by Gasteiger charge is -2.35. The van der Waals surface area contributed by atoms with Gasteiger partial charge in [-0.15, -0.1) is 0 Å². The van der Waals surface area contributed by atoms with Crippen molar-refractivity contribution in [1.82, 2.24) is 5.32 Å². The van der Waals surface area contributed by atoms with Crippen LogP contribution in [0.25, 0.3) is 0 Å². The normalized spacial score (nSPS) is 13.8. The number of anilines is 1. The maximum Gasteiger partial charge on any atom is 0.441 e. The molecule has 0 aliphatic carbocycles. The van der Waals surface area contributed by atoms with Crippen molar-refractivity contribution in [3.63, 3.8) is 0 Å². The second-order valence-corrected chi connectivity index (χ2v) is 4.50. The first kappa shape index (κ1) is 18.7. The molecule has 2 N–H and O–H groups in total. The average Bonchev–Trinajstić information content (AvgIpc) is 2.47. The van der Waals surface area contributed by atoms with Gasteiger partial charge in [0.15, 0.2) is 0 Å². The number of rotatable bonds is 6. The molecule has 0 aliphatic heterocycles. The van der Waals surface area contributed by atoms with Crippen LogP contribution in [-0.2, 0) is 14.3 Å². The van der Waals surface area contributed by atoms with Crippen molar-refractivity contribution < 1.29 is 31.9 Å². The van der Waals surface area contributed by atoms with Gasteiger partial charge in [-0.3, -0.25) is 4.79 Å². The SMILES string of the molecule is CCOC(=O)[C@](NC(=O)CC)(Nc1ccc(F)cc1)C(F)(F)F. The molecule has 0 unspecified atom stereocenters. The Bertz CT molecular complexity index is 560. The molecule has 0 heterocycles. The zero-order valence-corrected chi connectivity index (χ0v) is 12.5. The molecule has 1 rings (SSSR count). The summed E-state index contributed by atoms with van der Waals surface area (Å²) in [6, 6.07) is 3.84. The fourth-order valence-corrected chi connectivity index (χ4v) is 1.68. The van der Waals surface area contributed by atoms with Crippen molar-refractivity contribution >= 4 is 17.6 Å². The van der Waals surface area contributed by atoms with E-state index in [9.17, 15) is 27.2 Å². The number of carbonyl (C=O) groups excluding carboxylic acids is 2. The summed E-state index contributed by atoms with van der Waals surface area (Å²) in [5.74, 6) is -3.38. The molecule has 0 spiro atoms. The molecule has 5 nitrogen and oxygen atoms in total. The van der Waals surface area contributed by atoms with Gasteiger partial charge in [0.2, 0.25) is 5.91 Å². The summed E-state index contributed by atoms with van der Waals surface area (Å²) >= 11 is 0. The van der Waals surface area contributed by atoms with E-state index < -0.39 is 29.5 Å². The van der Waals surface area contributed by atoms with E-state index in [-0.39, 0.29) is 18.7 Å². The average molecular weight is 336 g/mol. The molecule has 0 saturated heterocycles. The van der Waals surface area contributed by atoms with E-state index in [4.69, 9.17) is 0 Å². The maximum absolute atomic E-state index is 13.6.